The van der Waals surface area contributed by atoms with E-state index in [0.717, 1.165) is 36.5 Å². The zero-order valence-corrected chi connectivity index (χ0v) is 19.3. The molecular weight excluding hydrogens is 386 g/mol. The van der Waals surface area contributed by atoms with Crippen molar-refractivity contribution in [3.63, 3.8) is 0 Å². The van der Waals surface area contributed by atoms with Gasteiger partial charge in [-0.25, -0.2) is 4.98 Å². The first-order valence-electron chi connectivity index (χ1n) is 11.6. The van der Waals surface area contributed by atoms with Crippen molar-refractivity contribution in [2.75, 3.05) is 13.1 Å². The minimum atomic E-state index is -0.0394. The number of hydrogen-bond donors (Lipinski definition) is 0. The van der Waals surface area contributed by atoms with Gasteiger partial charge in [-0.2, -0.15) is 0 Å². The zero-order valence-electron chi connectivity index (χ0n) is 19.3. The number of unbranched alkanes of at least 4 members (excludes halogenated alkanes) is 2. The summed E-state index contributed by atoms with van der Waals surface area (Å²) in [6.45, 7) is 10.7. The summed E-state index contributed by atoms with van der Waals surface area (Å²) in [4.78, 5) is 19.9. The van der Waals surface area contributed by atoms with Gasteiger partial charge in [0.15, 0.2) is 6.23 Å². The topological polar surface area (TPSA) is 46.8 Å². The standard InChI is InChI=1S/C26H35N3O2/c1-5-8-15-28(16-9-6-2)25(7-3)31-22-12-10-21(11-13-22)26(30)23-19-27-24-18-20(4)14-17-29(23)24/h10-14,17-19,25H,5-9,15-16H2,1-4H3. The number of pyridine rings is 1. The van der Waals surface area contributed by atoms with Crippen molar-refractivity contribution in [2.45, 2.75) is 66.0 Å². The van der Waals surface area contributed by atoms with Gasteiger partial charge in [0.05, 0.1) is 6.20 Å². The Morgan fingerprint density at radius 3 is 2.35 bits per heavy atom. The van der Waals surface area contributed by atoms with Crippen molar-refractivity contribution in [2.24, 2.45) is 0 Å². The molecule has 1 atom stereocenters. The SMILES string of the molecule is CCCCN(CCCC)C(CC)Oc1ccc(C(=O)c2cnc3cc(C)ccn23)cc1. The molecule has 0 amide bonds. The van der Waals surface area contributed by atoms with Crippen LogP contribution in [0.5, 0.6) is 5.75 Å². The van der Waals surface area contributed by atoms with E-state index in [1.807, 2.05) is 53.9 Å². The molecule has 0 aliphatic heterocycles. The van der Waals surface area contributed by atoms with Crippen LogP contribution in [0.4, 0.5) is 0 Å². The number of hydrogen-bond acceptors (Lipinski definition) is 4. The number of benzene rings is 1. The molecule has 5 heteroatoms. The molecule has 5 nitrogen and oxygen atoms in total. The minimum absolute atomic E-state index is 0.0394. The molecule has 3 aromatic rings. The average Bonchev–Trinajstić information content (AvgIpc) is 3.20. The van der Waals surface area contributed by atoms with Crippen LogP contribution in [0, 0.1) is 6.92 Å². The smallest absolute Gasteiger partial charge is 0.211 e. The van der Waals surface area contributed by atoms with Gasteiger partial charge in [0.25, 0.3) is 0 Å². The van der Waals surface area contributed by atoms with E-state index in [1.165, 1.54) is 25.7 Å². The van der Waals surface area contributed by atoms with Crippen molar-refractivity contribution in [3.05, 3.63) is 65.6 Å². The fraction of sp³-hybridized carbons (Fsp3) is 0.462. The molecule has 31 heavy (non-hydrogen) atoms. The molecule has 0 aliphatic rings. The van der Waals surface area contributed by atoms with E-state index in [0.29, 0.717) is 11.3 Å². The predicted octanol–water partition coefficient (Wildman–Crippen LogP) is 5.89. The Hall–Kier alpha value is -2.66. The lowest BCUT2D eigenvalue weighted by Gasteiger charge is -2.31. The van der Waals surface area contributed by atoms with Crippen molar-refractivity contribution < 1.29 is 9.53 Å². The van der Waals surface area contributed by atoms with Crippen LogP contribution in [0.2, 0.25) is 0 Å². The quantitative estimate of drug-likeness (QED) is 0.270. The molecule has 1 aromatic carbocycles. The second-order valence-corrected chi connectivity index (χ2v) is 8.15. The van der Waals surface area contributed by atoms with Crippen LogP contribution in [0.1, 0.15) is 74.5 Å². The monoisotopic (exact) mass is 421 g/mol. The van der Waals surface area contributed by atoms with E-state index in [1.54, 1.807) is 6.20 Å². The fourth-order valence-electron chi connectivity index (χ4n) is 3.78. The van der Waals surface area contributed by atoms with Crippen molar-refractivity contribution >= 4 is 11.4 Å². The molecule has 0 saturated carbocycles. The van der Waals surface area contributed by atoms with Gasteiger partial charge in [0.1, 0.15) is 17.1 Å². The third-order valence-electron chi connectivity index (χ3n) is 5.64. The summed E-state index contributed by atoms with van der Waals surface area (Å²) < 4.78 is 8.17. The number of aromatic nitrogens is 2. The fourth-order valence-corrected chi connectivity index (χ4v) is 3.78. The Kier molecular flexibility index (Phi) is 8.24. The Bertz CT molecular complexity index is 970. The summed E-state index contributed by atoms with van der Waals surface area (Å²) in [5.41, 5.74) is 3.11. The second-order valence-electron chi connectivity index (χ2n) is 8.15. The van der Waals surface area contributed by atoms with Crippen LogP contribution in [0.25, 0.3) is 5.65 Å². The number of fused-ring (bicyclic) bond motifs is 1. The number of carbonyl (C=O) groups excluding carboxylic acids is 1. The first-order chi connectivity index (χ1) is 15.1. The highest BCUT2D eigenvalue weighted by Gasteiger charge is 2.19. The highest BCUT2D eigenvalue weighted by molar-refractivity contribution is 6.08. The number of rotatable bonds is 12. The van der Waals surface area contributed by atoms with E-state index in [4.69, 9.17) is 4.74 Å². The van der Waals surface area contributed by atoms with E-state index in [2.05, 4.69) is 30.7 Å². The lowest BCUT2D eigenvalue weighted by atomic mass is 10.1. The van der Waals surface area contributed by atoms with E-state index in [9.17, 15) is 4.79 Å². The van der Waals surface area contributed by atoms with Crippen molar-refractivity contribution in [1.82, 2.24) is 14.3 Å². The van der Waals surface area contributed by atoms with E-state index >= 15 is 0 Å². The van der Waals surface area contributed by atoms with Gasteiger partial charge < -0.3 is 4.74 Å². The number of aryl methyl sites for hydroxylation is 1. The molecule has 0 bridgehead atoms. The zero-order chi connectivity index (χ0) is 22.2. The van der Waals surface area contributed by atoms with Gasteiger partial charge in [-0.15, -0.1) is 0 Å². The van der Waals surface area contributed by atoms with Crippen LogP contribution in [0.15, 0.2) is 48.8 Å². The summed E-state index contributed by atoms with van der Waals surface area (Å²) >= 11 is 0. The lowest BCUT2D eigenvalue weighted by Crippen LogP contribution is -2.40. The Labute approximate surface area is 186 Å². The first-order valence-corrected chi connectivity index (χ1v) is 11.6. The van der Waals surface area contributed by atoms with Crippen LogP contribution >= 0.6 is 0 Å². The number of carbonyl (C=O) groups is 1. The molecular formula is C26H35N3O2. The molecule has 1 unspecified atom stereocenters. The third-order valence-corrected chi connectivity index (χ3v) is 5.64. The molecule has 2 heterocycles. The third kappa shape index (κ3) is 5.73. The van der Waals surface area contributed by atoms with Crippen molar-refractivity contribution in [3.8, 4) is 5.75 Å². The first kappa shape index (κ1) is 23.0. The summed E-state index contributed by atoms with van der Waals surface area (Å²) in [7, 11) is 0. The predicted molar refractivity (Wildman–Crippen MR) is 126 cm³/mol. The highest BCUT2D eigenvalue weighted by atomic mass is 16.5. The molecule has 0 N–H and O–H groups in total. The van der Waals surface area contributed by atoms with Gasteiger partial charge in [0, 0.05) is 24.8 Å². The maximum Gasteiger partial charge on any atom is 0.211 e. The normalized spacial score (nSPS) is 12.4. The molecule has 0 aliphatic carbocycles. The van der Waals surface area contributed by atoms with E-state index in [-0.39, 0.29) is 12.0 Å². The average molecular weight is 422 g/mol. The second kappa shape index (κ2) is 11.1. The molecule has 0 spiro atoms. The lowest BCUT2D eigenvalue weighted by molar-refractivity contribution is 0.0202. The molecule has 0 saturated heterocycles. The maximum atomic E-state index is 13.0. The molecule has 166 valence electrons. The molecule has 2 aromatic heterocycles. The number of ketones is 1. The largest absolute Gasteiger partial charge is 0.475 e. The summed E-state index contributed by atoms with van der Waals surface area (Å²) in [6, 6.07) is 11.5. The number of imidazole rings is 1. The minimum Gasteiger partial charge on any atom is -0.475 e. The van der Waals surface area contributed by atoms with Crippen LogP contribution in [-0.4, -0.2) is 39.4 Å². The van der Waals surface area contributed by atoms with E-state index < -0.39 is 0 Å². The van der Waals surface area contributed by atoms with Crippen LogP contribution in [-0.2, 0) is 0 Å². The highest BCUT2D eigenvalue weighted by Crippen LogP contribution is 2.20. The molecule has 0 fully saturated rings. The molecule has 3 rings (SSSR count). The van der Waals surface area contributed by atoms with Gasteiger partial charge in [-0.3, -0.25) is 14.1 Å². The number of ether oxygens (including phenoxy) is 1. The molecule has 0 radical (unpaired) electrons. The summed E-state index contributed by atoms with van der Waals surface area (Å²) in [6.07, 6.45) is 9.24. The number of nitrogens with zero attached hydrogens (tertiary/aromatic N) is 3. The van der Waals surface area contributed by atoms with Gasteiger partial charge >= 0.3 is 0 Å². The summed E-state index contributed by atoms with van der Waals surface area (Å²) in [5, 5.41) is 0. The van der Waals surface area contributed by atoms with Crippen LogP contribution in [0.3, 0.4) is 0 Å². The Morgan fingerprint density at radius 2 is 1.74 bits per heavy atom. The van der Waals surface area contributed by atoms with Crippen molar-refractivity contribution in [1.29, 1.82) is 0 Å². The summed E-state index contributed by atoms with van der Waals surface area (Å²) in [5.74, 6) is 0.762. The van der Waals surface area contributed by atoms with Crippen LogP contribution < -0.4 is 4.74 Å². The van der Waals surface area contributed by atoms with Gasteiger partial charge in [-0.1, -0.05) is 33.6 Å². The Balaban J connectivity index is 1.72. The Morgan fingerprint density at radius 1 is 1.06 bits per heavy atom. The maximum absolute atomic E-state index is 13.0. The van der Waals surface area contributed by atoms with Gasteiger partial charge in [-0.05, 0) is 68.1 Å². The van der Waals surface area contributed by atoms with Gasteiger partial charge in [0.2, 0.25) is 5.78 Å².